The number of ether oxygens (including phenoxy) is 1. The fourth-order valence-electron chi connectivity index (χ4n) is 2.93. The summed E-state index contributed by atoms with van der Waals surface area (Å²) in [5.41, 5.74) is 2.74. The predicted molar refractivity (Wildman–Crippen MR) is 120 cm³/mol. The average Bonchev–Trinajstić information content (AvgIpc) is 3.12. The average molecular weight is 457 g/mol. The second-order valence-corrected chi connectivity index (χ2v) is 9.14. The van der Waals surface area contributed by atoms with E-state index in [0.29, 0.717) is 20.7 Å². The minimum atomic E-state index is -0.485. The minimum Gasteiger partial charge on any atom is -0.457 e. The lowest BCUT2D eigenvalue weighted by atomic mass is 10.1. The van der Waals surface area contributed by atoms with Gasteiger partial charge >= 0.3 is 11.6 Å². The Bertz CT molecular complexity index is 1350. The van der Waals surface area contributed by atoms with Crippen LogP contribution in [-0.4, -0.2) is 22.0 Å². The van der Waals surface area contributed by atoms with Gasteiger partial charge in [-0.1, -0.05) is 35.2 Å². The van der Waals surface area contributed by atoms with Gasteiger partial charge in [0.05, 0.1) is 11.3 Å². The number of fused-ring (bicyclic) bond motifs is 1. The third-order valence-corrected chi connectivity index (χ3v) is 6.60. The molecule has 0 spiro atoms. The van der Waals surface area contributed by atoms with Gasteiger partial charge in [-0.3, -0.25) is 0 Å². The van der Waals surface area contributed by atoms with Crippen molar-refractivity contribution in [2.75, 3.05) is 6.26 Å². The van der Waals surface area contributed by atoms with Crippen LogP contribution in [0.2, 0.25) is 0 Å². The highest BCUT2D eigenvalue weighted by Gasteiger charge is 2.12. The molecule has 0 aliphatic heterocycles. The SMILES string of the molecule is CSc1nn(-c2ccc(C(=O)OCc3cc(=O)oc4cc(C)ccc34)cc2)c(=S)s1. The summed E-state index contributed by atoms with van der Waals surface area (Å²) in [6, 6.07) is 13.8. The Kier molecular flexibility index (Phi) is 5.85. The summed E-state index contributed by atoms with van der Waals surface area (Å²) in [5, 5.41) is 5.17. The molecule has 9 heteroatoms. The van der Waals surface area contributed by atoms with Gasteiger partial charge in [0.15, 0.2) is 8.29 Å². The lowest BCUT2D eigenvalue weighted by molar-refractivity contribution is 0.0474. The zero-order chi connectivity index (χ0) is 21.3. The maximum atomic E-state index is 12.5. The molecule has 4 rings (SSSR count). The van der Waals surface area contributed by atoms with E-state index in [2.05, 4.69) is 5.10 Å². The van der Waals surface area contributed by atoms with Gasteiger partial charge in [0.1, 0.15) is 12.2 Å². The molecule has 2 heterocycles. The van der Waals surface area contributed by atoms with Crippen LogP contribution in [0, 0.1) is 10.9 Å². The van der Waals surface area contributed by atoms with Gasteiger partial charge in [-0.2, -0.15) is 0 Å². The van der Waals surface area contributed by atoms with Gasteiger partial charge in [-0.15, -0.1) is 5.10 Å². The van der Waals surface area contributed by atoms with E-state index < -0.39 is 11.6 Å². The van der Waals surface area contributed by atoms with E-state index >= 15 is 0 Å². The Morgan fingerprint density at radius 2 is 2.00 bits per heavy atom. The van der Waals surface area contributed by atoms with E-state index in [9.17, 15) is 9.59 Å². The van der Waals surface area contributed by atoms with Crippen LogP contribution in [0.1, 0.15) is 21.5 Å². The number of carbonyl (C=O) groups excluding carboxylic acids is 1. The van der Waals surface area contributed by atoms with Gasteiger partial charge in [0.2, 0.25) is 0 Å². The van der Waals surface area contributed by atoms with E-state index in [1.807, 2.05) is 25.3 Å². The number of benzene rings is 2. The largest absolute Gasteiger partial charge is 0.457 e. The van der Waals surface area contributed by atoms with Crippen molar-refractivity contribution in [1.29, 1.82) is 0 Å². The normalized spacial score (nSPS) is 11.0. The van der Waals surface area contributed by atoms with Crippen LogP contribution >= 0.6 is 35.3 Å². The van der Waals surface area contributed by atoms with E-state index in [4.69, 9.17) is 21.4 Å². The van der Waals surface area contributed by atoms with E-state index in [0.717, 1.165) is 21.0 Å². The molecule has 0 atom stereocenters. The smallest absolute Gasteiger partial charge is 0.338 e. The number of rotatable bonds is 5. The standard InChI is InChI=1S/C21H16N2O4S3/c1-12-3-8-16-14(10-18(24)27-17(16)9-12)11-26-19(25)13-4-6-15(7-5-13)23-21(28)30-20(22-23)29-2/h3-10H,11H2,1-2H3. The lowest BCUT2D eigenvalue weighted by Gasteiger charge is -2.08. The third-order valence-electron chi connectivity index (χ3n) is 4.40. The molecule has 6 nitrogen and oxygen atoms in total. The highest BCUT2D eigenvalue weighted by Crippen LogP contribution is 2.23. The molecule has 0 radical (unpaired) electrons. The summed E-state index contributed by atoms with van der Waals surface area (Å²) in [6.45, 7) is 1.89. The second-order valence-electron chi connectivity index (χ2n) is 6.46. The van der Waals surface area contributed by atoms with Crippen molar-refractivity contribution in [2.24, 2.45) is 0 Å². The molecule has 0 aliphatic rings. The molecule has 0 aliphatic carbocycles. The molecule has 0 saturated carbocycles. The quantitative estimate of drug-likeness (QED) is 0.178. The van der Waals surface area contributed by atoms with E-state index in [1.165, 1.54) is 29.2 Å². The van der Waals surface area contributed by atoms with Crippen molar-refractivity contribution in [3.8, 4) is 5.69 Å². The van der Waals surface area contributed by atoms with Crippen LogP contribution in [0.3, 0.4) is 0 Å². The Morgan fingerprint density at radius 1 is 1.23 bits per heavy atom. The summed E-state index contributed by atoms with van der Waals surface area (Å²) < 4.78 is 13.8. The fourth-order valence-corrected chi connectivity index (χ4v) is 4.71. The van der Waals surface area contributed by atoms with Crippen LogP contribution in [0.15, 0.2) is 62.1 Å². The zero-order valence-corrected chi connectivity index (χ0v) is 18.5. The Balaban J connectivity index is 1.52. The van der Waals surface area contributed by atoms with Crippen molar-refractivity contribution in [1.82, 2.24) is 9.78 Å². The molecule has 30 heavy (non-hydrogen) atoms. The molecular formula is C21H16N2O4S3. The first-order chi connectivity index (χ1) is 14.4. The molecular weight excluding hydrogens is 440 g/mol. The van der Waals surface area contributed by atoms with Crippen molar-refractivity contribution in [3.63, 3.8) is 0 Å². The minimum absolute atomic E-state index is 0.0278. The Labute approximate surface area is 185 Å². The highest BCUT2D eigenvalue weighted by atomic mass is 32.2. The number of hydrogen-bond acceptors (Lipinski definition) is 8. The molecule has 0 saturated heterocycles. The first kappa shape index (κ1) is 20.5. The van der Waals surface area contributed by atoms with Gasteiger partial charge < -0.3 is 9.15 Å². The van der Waals surface area contributed by atoms with Crippen LogP contribution in [-0.2, 0) is 11.3 Å². The lowest BCUT2D eigenvalue weighted by Crippen LogP contribution is -2.08. The molecule has 152 valence electrons. The van der Waals surface area contributed by atoms with Crippen molar-refractivity contribution < 1.29 is 13.9 Å². The highest BCUT2D eigenvalue weighted by molar-refractivity contribution is 8.00. The molecule has 4 aromatic rings. The molecule has 0 unspecified atom stereocenters. The summed E-state index contributed by atoms with van der Waals surface area (Å²) in [7, 11) is 0. The predicted octanol–water partition coefficient (Wildman–Crippen LogP) is 5.16. The summed E-state index contributed by atoms with van der Waals surface area (Å²) in [5.74, 6) is -0.485. The van der Waals surface area contributed by atoms with Gasteiger partial charge in [-0.25, -0.2) is 14.3 Å². The first-order valence-electron chi connectivity index (χ1n) is 8.90. The van der Waals surface area contributed by atoms with Crippen molar-refractivity contribution in [2.45, 2.75) is 17.9 Å². The van der Waals surface area contributed by atoms with Crippen LogP contribution in [0.4, 0.5) is 0 Å². The summed E-state index contributed by atoms with van der Waals surface area (Å²) in [6.07, 6.45) is 1.94. The monoisotopic (exact) mass is 456 g/mol. The van der Waals surface area contributed by atoms with Crippen LogP contribution < -0.4 is 5.63 Å². The molecule has 0 fully saturated rings. The molecule has 0 amide bonds. The molecule has 2 aromatic heterocycles. The van der Waals surface area contributed by atoms with Gasteiger partial charge in [0, 0.05) is 17.0 Å². The fraction of sp³-hybridized carbons (Fsp3) is 0.143. The second kappa shape index (κ2) is 8.55. The Hall–Kier alpha value is -2.75. The topological polar surface area (TPSA) is 74.3 Å². The van der Waals surface area contributed by atoms with Gasteiger partial charge in [-0.05, 0) is 61.3 Å². The number of thioether (sulfide) groups is 1. The molecule has 0 N–H and O–H groups in total. The number of aryl methyl sites for hydroxylation is 1. The van der Waals surface area contributed by atoms with E-state index in [-0.39, 0.29) is 6.61 Å². The van der Waals surface area contributed by atoms with Crippen molar-refractivity contribution >= 4 is 52.3 Å². The number of hydrogen-bond donors (Lipinski definition) is 0. The number of esters is 1. The molecule has 0 bridgehead atoms. The first-order valence-corrected chi connectivity index (χ1v) is 11.3. The molecule has 2 aromatic carbocycles. The van der Waals surface area contributed by atoms with Crippen LogP contribution in [0.25, 0.3) is 16.7 Å². The van der Waals surface area contributed by atoms with Crippen molar-refractivity contribution in [3.05, 3.63) is 79.6 Å². The number of aromatic nitrogens is 2. The van der Waals surface area contributed by atoms with Crippen LogP contribution in [0.5, 0.6) is 0 Å². The summed E-state index contributed by atoms with van der Waals surface area (Å²) in [4.78, 5) is 24.3. The Morgan fingerprint density at radius 3 is 2.70 bits per heavy atom. The maximum Gasteiger partial charge on any atom is 0.338 e. The maximum absolute atomic E-state index is 12.5. The zero-order valence-electron chi connectivity index (χ0n) is 16.1. The third kappa shape index (κ3) is 4.23. The number of carbonyl (C=O) groups is 1. The van der Waals surface area contributed by atoms with E-state index in [1.54, 1.807) is 35.0 Å². The van der Waals surface area contributed by atoms with Gasteiger partial charge in [0.25, 0.3) is 0 Å². The summed E-state index contributed by atoms with van der Waals surface area (Å²) >= 11 is 8.30. The number of nitrogens with zero attached hydrogens (tertiary/aromatic N) is 2.